The minimum atomic E-state index is -0.367. The van der Waals surface area contributed by atoms with Crippen LogP contribution in [0.4, 0.5) is 0 Å². The van der Waals surface area contributed by atoms with Crippen molar-refractivity contribution in [3.05, 3.63) is 24.0 Å². The first-order valence-electron chi connectivity index (χ1n) is 3.69. The number of carbonyl (C=O) groups excluding carboxylic acids is 1. The summed E-state index contributed by atoms with van der Waals surface area (Å²) in [6.07, 6.45) is 2.40. The molecule has 3 nitrogen and oxygen atoms in total. The van der Waals surface area contributed by atoms with Crippen LogP contribution in [0.5, 0.6) is 0 Å². The van der Waals surface area contributed by atoms with Gasteiger partial charge in [0.2, 0.25) is 0 Å². The maximum atomic E-state index is 11.3. The van der Waals surface area contributed by atoms with Crippen LogP contribution in [0.1, 0.15) is 23.8 Å². The molecule has 0 fully saturated rings. The zero-order valence-electron chi connectivity index (χ0n) is 6.50. The number of H-pyrrole nitrogens is 1. The number of rotatable bonds is 3. The molecule has 0 amide bonds. The molecule has 3 heteroatoms. The molecule has 1 heterocycles. The molecule has 0 aromatic carbocycles. The summed E-state index contributed by atoms with van der Waals surface area (Å²) in [4.78, 5) is 14.1. The van der Waals surface area contributed by atoms with Crippen LogP contribution in [0.25, 0.3) is 0 Å². The second-order valence-electron chi connectivity index (χ2n) is 2.46. The molecule has 0 aliphatic rings. The minimum absolute atomic E-state index is 0.0162. The average Bonchev–Trinajstić information content (AvgIpc) is 2.53. The molecular weight excluding hydrogens is 140 g/mol. The van der Waals surface area contributed by atoms with Crippen LogP contribution in [0.15, 0.2) is 18.3 Å². The first kappa shape index (κ1) is 8.01. The smallest absolute Gasteiger partial charge is 0.195 e. The van der Waals surface area contributed by atoms with Crippen molar-refractivity contribution in [2.75, 3.05) is 0 Å². The summed E-state index contributed by atoms with van der Waals surface area (Å²) in [5, 5.41) is 0. The molecule has 1 aromatic rings. The van der Waals surface area contributed by atoms with Gasteiger partial charge in [-0.1, -0.05) is 6.92 Å². The van der Waals surface area contributed by atoms with Crippen LogP contribution in [0, 0.1) is 0 Å². The summed E-state index contributed by atoms with van der Waals surface area (Å²) in [5.74, 6) is -0.0162. The van der Waals surface area contributed by atoms with Gasteiger partial charge >= 0.3 is 0 Å². The van der Waals surface area contributed by atoms with Crippen molar-refractivity contribution in [3.63, 3.8) is 0 Å². The molecule has 0 saturated heterocycles. The molecule has 0 unspecified atom stereocenters. The Morgan fingerprint density at radius 3 is 3.00 bits per heavy atom. The second kappa shape index (κ2) is 3.34. The summed E-state index contributed by atoms with van der Waals surface area (Å²) in [7, 11) is 0. The van der Waals surface area contributed by atoms with Gasteiger partial charge in [0.15, 0.2) is 5.78 Å². The molecule has 0 aliphatic heterocycles. The molecule has 1 rings (SSSR count). The van der Waals surface area contributed by atoms with Gasteiger partial charge in [-0.05, 0) is 18.6 Å². The van der Waals surface area contributed by atoms with Crippen molar-refractivity contribution in [1.82, 2.24) is 4.98 Å². The number of aromatic nitrogens is 1. The van der Waals surface area contributed by atoms with Crippen molar-refractivity contribution in [3.8, 4) is 0 Å². The van der Waals surface area contributed by atoms with E-state index < -0.39 is 0 Å². The summed E-state index contributed by atoms with van der Waals surface area (Å²) < 4.78 is 0. The molecule has 0 aliphatic carbocycles. The molecule has 1 aromatic heterocycles. The van der Waals surface area contributed by atoms with Gasteiger partial charge in [0, 0.05) is 6.20 Å². The Morgan fingerprint density at radius 1 is 1.82 bits per heavy atom. The normalized spacial score (nSPS) is 12.9. The standard InChI is InChI=1S/C8H12N2O/c1-2-6(9)8(11)7-4-3-5-10-7/h3-6,10H,2,9H2,1H3/t6-/m0/s1. The lowest BCUT2D eigenvalue weighted by atomic mass is 10.1. The van der Waals surface area contributed by atoms with E-state index in [-0.39, 0.29) is 11.8 Å². The van der Waals surface area contributed by atoms with E-state index in [2.05, 4.69) is 4.98 Å². The molecule has 0 bridgehead atoms. The Morgan fingerprint density at radius 2 is 2.55 bits per heavy atom. The highest BCUT2D eigenvalue weighted by Crippen LogP contribution is 2.00. The van der Waals surface area contributed by atoms with Crippen molar-refractivity contribution >= 4 is 5.78 Å². The summed E-state index contributed by atoms with van der Waals surface area (Å²) in [6.45, 7) is 1.89. The Labute approximate surface area is 65.6 Å². The first-order chi connectivity index (χ1) is 5.25. The zero-order valence-corrected chi connectivity index (χ0v) is 6.50. The largest absolute Gasteiger partial charge is 0.359 e. The number of hydrogen-bond donors (Lipinski definition) is 2. The lowest BCUT2D eigenvalue weighted by molar-refractivity contribution is 0.0955. The quantitative estimate of drug-likeness (QED) is 0.633. The van der Waals surface area contributed by atoms with Crippen molar-refractivity contribution in [2.24, 2.45) is 5.73 Å². The number of aromatic amines is 1. The highest BCUT2D eigenvalue weighted by atomic mass is 16.1. The van der Waals surface area contributed by atoms with Gasteiger partial charge in [-0.3, -0.25) is 4.79 Å². The SMILES string of the molecule is CC[C@H](N)C(=O)c1ccc[nH]1. The van der Waals surface area contributed by atoms with E-state index in [9.17, 15) is 4.79 Å². The third-order valence-electron chi connectivity index (χ3n) is 1.64. The highest BCUT2D eigenvalue weighted by molar-refractivity contribution is 5.98. The van der Waals surface area contributed by atoms with Crippen LogP contribution in [-0.4, -0.2) is 16.8 Å². The lowest BCUT2D eigenvalue weighted by Crippen LogP contribution is -2.29. The Balaban J connectivity index is 2.70. The van der Waals surface area contributed by atoms with Crippen LogP contribution < -0.4 is 5.73 Å². The van der Waals surface area contributed by atoms with Crippen LogP contribution in [0.2, 0.25) is 0 Å². The van der Waals surface area contributed by atoms with Gasteiger partial charge < -0.3 is 10.7 Å². The monoisotopic (exact) mass is 152 g/mol. The van der Waals surface area contributed by atoms with Gasteiger partial charge in [0.1, 0.15) is 0 Å². The van der Waals surface area contributed by atoms with Crippen LogP contribution in [-0.2, 0) is 0 Å². The number of nitrogens with one attached hydrogen (secondary N) is 1. The van der Waals surface area contributed by atoms with Gasteiger partial charge in [-0.15, -0.1) is 0 Å². The van der Waals surface area contributed by atoms with E-state index in [0.717, 1.165) is 0 Å². The Bertz CT molecular complexity index is 228. The average molecular weight is 152 g/mol. The van der Waals surface area contributed by atoms with Gasteiger partial charge in [0.25, 0.3) is 0 Å². The number of hydrogen-bond acceptors (Lipinski definition) is 2. The molecular formula is C8H12N2O. The minimum Gasteiger partial charge on any atom is -0.359 e. The van der Waals surface area contributed by atoms with Crippen LogP contribution >= 0.6 is 0 Å². The van der Waals surface area contributed by atoms with E-state index in [0.29, 0.717) is 12.1 Å². The predicted octanol–water partition coefficient (Wildman–Crippen LogP) is 0.935. The molecule has 60 valence electrons. The topological polar surface area (TPSA) is 58.9 Å². The van der Waals surface area contributed by atoms with E-state index in [1.54, 1.807) is 18.3 Å². The number of ketones is 1. The fourth-order valence-corrected chi connectivity index (χ4v) is 0.869. The zero-order chi connectivity index (χ0) is 8.27. The Kier molecular flexibility index (Phi) is 2.44. The van der Waals surface area contributed by atoms with E-state index in [4.69, 9.17) is 5.73 Å². The van der Waals surface area contributed by atoms with E-state index >= 15 is 0 Å². The molecule has 3 N–H and O–H groups in total. The van der Waals surface area contributed by atoms with Crippen molar-refractivity contribution in [2.45, 2.75) is 19.4 Å². The number of nitrogens with two attached hydrogens (primary N) is 1. The van der Waals surface area contributed by atoms with Crippen molar-refractivity contribution < 1.29 is 4.79 Å². The molecule has 0 spiro atoms. The van der Waals surface area contributed by atoms with E-state index in [1.807, 2.05) is 6.92 Å². The lowest BCUT2D eigenvalue weighted by Gasteiger charge is -2.04. The first-order valence-corrected chi connectivity index (χ1v) is 3.69. The highest BCUT2D eigenvalue weighted by Gasteiger charge is 2.13. The Hall–Kier alpha value is -1.09. The van der Waals surface area contributed by atoms with Gasteiger partial charge in [0.05, 0.1) is 11.7 Å². The molecule has 0 saturated carbocycles. The fraction of sp³-hybridized carbons (Fsp3) is 0.375. The van der Waals surface area contributed by atoms with E-state index in [1.165, 1.54) is 0 Å². The molecule has 0 radical (unpaired) electrons. The van der Waals surface area contributed by atoms with Crippen molar-refractivity contribution in [1.29, 1.82) is 0 Å². The maximum Gasteiger partial charge on any atom is 0.195 e. The third kappa shape index (κ3) is 1.68. The van der Waals surface area contributed by atoms with Gasteiger partial charge in [-0.2, -0.15) is 0 Å². The number of carbonyl (C=O) groups is 1. The predicted molar refractivity (Wildman–Crippen MR) is 43.4 cm³/mol. The fourth-order valence-electron chi connectivity index (χ4n) is 0.869. The number of Topliss-reactive ketones (excluding diaryl/α,β-unsaturated/α-hetero) is 1. The van der Waals surface area contributed by atoms with Gasteiger partial charge in [-0.25, -0.2) is 0 Å². The second-order valence-corrected chi connectivity index (χ2v) is 2.46. The van der Waals surface area contributed by atoms with Crippen LogP contribution in [0.3, 0.4) is 0 Å². The third-order valence-corrected chi connectivity index (χ3v) is 1.64. The maximum absolute atomic E-state index is 11.3. The summed E-state index contributed by atoms with van der Waals surface area (Å²) in [6, 6.07) is 3.15. The molecule has 11 heavy (non-hydrogen) atoms. The molecule has 1 atom stereocenters. The summed E-state index contributed by atoms with van der Waals surface area (Å²) >= 11 is 0. The summed E-state index contributed by atoms with van der Waals surface area (Å²) in [5.41, 5.74) is 6.13.